The number of hydrogen-bond acceptors (Lipinski definition) is 2. The summed E-state index contributed by atoms with van der Waals surface area (Å²) >= 11 is 0. The lowest BCUT2D eigenvalue weighted by molar-refractivity contribution is 0.222. The Balaban J connectivity index is 1.52. The number of likely N-dealkylation sites (tertiary alicyclic amines) is 1. The molecule has 3 rings (SSSR count). The zero-order valence-electron chi connectivity index (χ0n) is 14.0. The summed E-state index contributed by atoms with van der Waals surface area (Å²) < 4.78 is 0. The van der Waals surface area contributed by atoms with Gasteiger partial charge in [-0.3, -0.25) is 0 Å². The standard InChI is InChI=1S/C18H26N4O2/c23-17(19-14-7-2-1-3-8-14)20-15-9-6-10-16(13-15)21-18(24)22-11-4-5-12-22/h6,9-10,13-14H,1-5,7-8,11-12H2,(H,21,24)(H2,19,20,23). The molecule has 2 fully saturated rings. The number of benzene rings is 1. The van der Waals surface area contributed by atoms with Gasteiger partial charge in [-0.25, -0.2) is 9.59 Å². The number of nitrogens with one attached hydrogen (secondary N) is 3. The summed E-state index contributed by atoms with van der Waals surface area (Å²) in [6.07, 6.45) is 7.87. The average Bonchev–Trinajstić information content (AvgIpc) is 3.10. The highest BCUT2D eigenvalue weighted by molar-refractivity contribution is 5.93. The molecule has 1 aromatic rings. The van der Waals surface area contributed by atoms with Crippen molar-refractivity contribution in [3.63, 3.8) is 0 Å². The minimum Gasteiger partial charge on any atom is -0.335 e. The second-order valence-corrected chi connectivity index (χ2v) is 6.64. The van der Waals surface area contributed by atoms with Crippen molar-refractivity contribution in [2.24, 2.45) is 0 Å². The molecule has 2 aliphatic rings. The van der Waals surface area contributed by atoms with E-state index in [1.54, 1.807) is 6.07 Å². The van der Waals surface area contributed by atoms with Gasteiger partial charge in [-0.15, -0.1) is 0 Å². The molecule has 1 aliphatic heterocycles. The van der Waals surface area contributed by atoms with E-state index in [9.17, 15) is 9.59 Å². The third kappa shape index (κ3) is 4.63. The molecule has 3 N–H and O–H groups in total. The number of carbonyl (C=O) groups excluding carboxylic acids is 2. The van der Waals surface area contributed by atoms with Gasteiger partial charge < -0.3 is 20.9 Å². The van der Waals surface area contributed by atoms with Crippen LogP contribution in [0.4, 0.5) is 21.0 Å². The molecule has 0 spiro atoms. The third-order valence-electron chi connectivity index (χ3n) is 4.71. The lowest BCUT2D eigenvalue weighted by Crippen LogP contribution is -2.39. The van der Waals surface area contributed by atoms with Gasteiger partial charge >= 0.3 is 12.1 Å². The highest BCUT2D eigenvalue weighted by Crippen LogP contribution is 2.19. The summed E-state index contributed by atoms with van der Waals surface area (Å²) in [4.78, 5) is 26.0. The zero-order valence-corrected chi connectivity index (χ0v) is 14.0. The highest BCUT2D eigenvalue weighted by Gasteiger charge is 2.18. The second kappa shape index (κ2) is 8.04. The molecule has 0 bridgehead atoms. The van der Waals surface area contributed by atoms with Crippen LogP contribution in [0, 0.1) is 0 Å². The Morgan fingerprint density at radius 1 is 0.917 bits per heavy atom. The van der Waals surface area contributed by atoms with Crippen molar-refractivity contribution in [2.45, 2.75) is 51.0 Å². The van der Waals surface area contributed by atoms with Gasteiger partial charge in [0, 0.05) is 30.5 Å². The van der Waals surface area contributed by atoms with Gasteiger partial charge in [0.25, 0.3) is 0 Å². The van der Waals surface area contributed by atoms with Gasteiger partial charge in [-0.1, -0.05) is 25.3 Å². The van der Waals surface area contributed by atoms with Gasteiger partial charge in [0.1, 0.15) is 0 Å². The van der Waals surface area contributed by atoms with Crippen LogP contribution in [-0.2, 0) is 0 Å². The molecule has 24 heavy (non-hydrogen) atoms. The van der Waals surface area contributed by atoms with E-state index in [2.05, 4.69) is 16.0 Å². The van der Waals surface area contributed by atoms with E-state index in [4.69, 9.17) is 0 Å². The minimum atomic E-state index is -0.176. The van der Waals surface area contributed by atoms with Gasteiger partial charge in [0.15, 0.2) is 0 Å². The predicted octanol–water partition coefficient (Wildman–Crippen LogP) is 3.77. The van der Waals surface area contributed by atoms with E-state index in [1.165, 1.54) is 19.3 Å². The topological polar surface area (TPSA) is 73.5 Å². The Labute approximate surface area is 143 Å². The molecule has 0 aromatic heterocycles. The van der Waals surface area contributed by atoms with Crippen molar-refractivity contribution in [1.29, 1.82) is 0 Å². The molecule has 130 valence electrons. The number of urea groups is 2. The molecule has 1 saturated carbocycles. The molecular weight excluding hydrogens is 304 g/mol. The molecule has 1 heterocycles. The first-order chi connectivity index (χ1) is 11.7. The number of nitrogens with zero attached hydrogens (tertiary/aromatic N) is 1. The number of rotatable bonds is 3. The number of hydrogen-bond donors (Lipinski definition) is 3. The molecule has 6 nitrogen and oxygen atoms in total. The molecule has 0 radical (unpaired) electrons. The van der Waals surface area contributed by atoms with Gasteiger partial charge in [0.05, 0.1) is 0 Å². The number of amides is 4. The van der Waals surface area contributed by atoms with Crippen LogP contribution in [0.2, 0.25) is 0 Å². The third-order valence-corrected chi connectivity index (χ3v) is 4.71. The monoisotopic (exact) mass is 330 g/mol. The smallest absolute Gasteiger partial charge is 0.321 e. The summed E-state index contributed by atoms with van der Waals surface area (Å²) in [6, 6.07) is 7.30. The summed E-state index contributed by atoms with van der Waals surface area (Å²) in [5.74, 6) is 0. The van der Waals surface area contributed by atoms with E-state index in [-0.39, 0.29) is 18.1 Å². The van der Waals surface area contributed by atoms with Gasteiger partial charge in [-0.05, 0) is 43.9 Å². The fraction of sp³-hybridized carbons (Fsp3) is 0.556. The zero-order chi connectivity index (χ0) is 16.8. The maximum Gasteiger partial charge on any atom is 0.321 e. The summed E-state index contributed by atoms with van der Waals surface area (Å²) in [5.41, 5.74) is 1.38. The van der Waals surface area contributed by atoms with Gasteiger partial charge in [-0.2, -0.15) is 0 Å². The van der Waals surface area contributed by atoms with E-state index in [1.807, 2.05) is 23.1 Å². The first-order valence-electron chi connectivity index (χ1n) is 8.94. The average molecular weight is 330 g/mol. The van der Waals surface area contributed by atoms with Crippen molar-refractivity contribution >= 4 is 23.4 Å². The minimum absolute atomic E-state index is 0.0729. The van der Waals surface area contributed by atoms with E-state index in [0.717, 1.165) is 38.8 Å². The van der Waals surface area contributed by atoms with Crippen LogP contribution >= 0.6 is 0 Å². The Morgan fingerprint density at radius 3 is 2.29 bits per heavy atom. The van der Waals surface area contributed by atoms with Crippen LogP contribution in [-0.4, -0.2) is 36.1 Å². The number of carbonyl (C=O) groups is 2. The fourth-order valence-corrected chi connectivity index (χ4v) is 3.40. The molecule has 1 saturated heterocycles. The molecule has 0 unspecified atom stereocenters. The fourth-order valence-electron chi connectivity index (χ4n) is 3.40. The molecular formula is C18H26N4O2. The van der Waals surface area contributed by atoms with Crippen LogP contribution in [0.5, 0.6) is 0 Å². The Bertz CT molecular complexity index is 578. The normalized spacial score (nSPS) is 18.2. The molecule has 4 amide bonds. The predicted molar refractivity (Wildman–Crippen MR) is 95.3 cm³/mol. The van der Waals surface area contributed by atoms with E-state index < -0.39 is 0 Å². The van der Waals surface area contributed by atoms with Crippen LogP contribution in [0.1, 0.15) is 44.9 Å². The molecule has 1 aromatic carbocycles. The van der Waals surface area contributed by atoms with Crippen molar-refractivity contribution in [3.8, 4) is 0 Å². The van der Waals surface area contributed by atoms with Crippen LogP contribution in [0.25, 0.3) is 0 Å². The SMILES string of the molecule is O=C(Nc1cccc(NC(=O)N2CCCC2)c1)NC1CCCCC1. The van der Waals surface area contributed by atoms with Crippen LogP contribution in [0.15, 0.2) is 24.3 Å². The largest absolute Gasteiger partial charge is 0.335 e. The second-order valence-electron chi connectivity index (χ2n) is 6.64. The van der Waals surface area contributed by atoms with E-state index >= 15 is 0 Å². The first kappa shape index (κ1) is 16.6. The Kier molecular flexibility index (Phi) is 5.56. The van der Waals surface area contributed by atoms with Gasteiger partial charge in [0.2, 0.25) is 0 Å². The lowest BCUT2D eigenvalue weighted by Gasteiger charge is -2.23. The maximum absolute atomic E-state index is 12.1. The van der Waals surface area contributed by atoms with Crippen LogP contribution in [0.3, 0.4) is 0 Å². The quantitative estimate of drug-likeness (QED) is 0.789. The highest BCUT2D eigenvalue weighted by atomic mass is 16.2. The Hall–Kier alpha value is -2.24. The van der Waals surface area contributed by atoms with Crippen molar-refractivity contribution < 1.29 is 9.59 Å². The Morgan fingerprint density at radius 2 is 1.58 bits per heavy atom. The van der Waals surface area contributed by atoms with Crippen LogP contribution < -0.4 is 16.0 Å². The lowest BCUT2D eigenvalue weighted by atomic mass is 9.96. The summed E-state index contributed by atoms with van der Waals surface area (Å²) in [7, 11) is 0. The summed E-state index contributed by atoms with van der Waals surface area (Å²) in [5, 5.41) is 8.78. The van der Waals surface area contributed by atoms with Crippen molar-refractivity contribution in [3.05, 3.63) is 24.3 Å². The maximum atomic E-state index is 12.1. The summed E-state index contributed by atoms with van der Waals surface area (Å²) in [6.45, 7) is 1.63. The molecule has 1 aliphatic carbocycles. The van der Waals surface area contributed by atoms with Crippen molar-refractivity contribution in [1.82, 2.24) is 10.2 Å². The molecule has 0 atom stereocenters. The number of anilines is 2. The van der Waals surface area contributed by atoms with Crippen molar-refractivity contribution in [2.75, 3.05) is 23.7 Å². The first-order valence-corrected chi connectivity index (χ1v) is 8.94. The van der Waals surface area contributed by atoms with E-state index in [0.29, 0.717) is 11.4 Å². The molecule has 6 heteroatoms.